The monoisotopic (exact) mass is 399 g/mol. The molecule has 0 spiro atoms. The Balaban J connectivity index is 2.13. The van der Waals surface area contributed by atoms with Gasteiger partial charge in [-0.15, -0.1) is 0 Å². The fourth-order valence-corrected chi connectivity index (χ4v) is 3.04. The molecule has 0 saturated carbocycles. The minimum Gasteiger partial charge on any atom is -0.444 e. The van der Waals surface area contributed by atoms with Gasteiger partial charge in [-0.2, -0.15) is 0 Å². The number of nitrogens with zero attached hydrogens (tertiary/aromatic N) is 2. The largest absolute Gasteiger partial charge is 0.444 e. The molecule has 0 aliphatic rings. The predicted octanol–water partition coefficient (Wildman–Crippen LogP) is 3.76. The minimum atomic E-state index is -0.627. The van der Waals surface area contributed by atoms with Gasteiger partial charge in [-0.3, -0.25) is 5.41 Å². The summed E-state index contributed by atoms with van der Waals surface area (Å²) in [4.78, 5) is 16.8. The molecule has 0 aliphatic heterocycles. The van der Waals surface area contributed by atoms with Gasteiger partial charge in [-0.25, -0.2) is 9.78 Å². The van der Waals surface area contributed by atoms with Crippen LogP contribution in [-0.2, 0) is 23.6 Å². The number of imidazole rings is 1. The highest BCUT2D eigenvalue weighted by molar-refractivity contribution is 5.86. The molecule has 1 aromatic heterocycles. The van der Waals surface area contributed by atoms with Gasteiger partial charge in [0.1, 0.15) is 17.3 Å². The van der Waals surface area contributed by atoms with E-state index >= 15 is 0 Å². The molecule has 0 fully saturated rings. The fourth-order valence-electron chi connectivity index (χ4n) is 3.04. The van der Waals surface area contributed by atoms with Gasteiger partial charge in [0, 0.05) is 24.2 Å². The molecule has 7 heteroatoms. The van der Waals surface area contributed by atoms with E-state index in [-0.39, 0.29) is 11.3 Å². The number of aryl methyl sites for hydroxylation is 1. The van der Waals surface area contributed by atoms with Gasteiger partial charge in [0.15, 0.2) is 0 Å². The average Bonchev–Trinajstić information content (AvgIpc) is 2.95. The Kier molecular flexibility index (Phi) is 6.40. The zero-order chi connectivity index (χ0) is 22.0. The smallest absolute Gasteiger partial charge is 0.408 e. The number of aromatic nitrogens is 2. The molecule has 2 rings (SSSR count). The molecule has 7 nitrogen and oxygen atoms in total. The summed E-state index contributed by atoms with van der Waals surface area (Å²) in [6.07, 6.45) is 1.85. The van der Waals surface area contributed by atoms with Crippen molar-refractivity contribution in [1.82, 2.24) is 14.9 Å². The predicted molar refractivity (Wildman–Crippen MR) is 116 cm³/mol. The van der Waals surface area contributed by atoms with Crippen molar-refractivity contribution >= 4 is 11.9 Å². The Morgan fingerprint density at radius 2 is 1.79 bits per heavy atom. The Hall–Kier alpha value is -2.83. The summed E-state index contributed by atoms with van der Waals surface area (Å²) >= 11 is 0. The normalized spacial score (nSPS) is 13.1. The lowest BCUT2D eigenvalue weighted by Crippen LogP contribution is -2.47. The van der Waals surface area contributed by atoms with Gasteiger partial charge in [-0.1, -0.05) is 45.0 Å². The Labute approximate surface area is 173 Å². The molecule has 1 atom stereocenters. The number of nitrogens with two attached hydrogens (primary N) is 1. The molecule has 0 saturated heterocycles. The van der Waals surface area contributed by atoms with Crippen LogP contribution < -0.4 is 11.1 Å². The number of amidine groups is 1. The van der Waals surface area contributed by atoms with Crippen LogP contribution in [0.2, 0.25) is 0 Å². The van der Waals surface area contributed by atoms with Gasteiger partial charge in [0.25, 0.3) is 0 Å². The van der Waals surface area contributed by atoms with Crippen molar-refractivity contribution in [2.24, 2.45) is 12.8 Å². The standard InChI is InChI=1S/C22H33N5O2/c1-21(2,3)19-25-17(13-27(19)7)15-10-8-14(9-11-15)12-16(18(23)24)26-20(28)29-22(4,5)6/h8-11,13,16H,12H2,1-7H3,(H3,23,24)(H,26,28)/t16-/m0/s1. The van der Waals surface area contributed by atoms with E-state index in [2.05, 4.69) is 30.7 Å². The number of carbonyl (C=O) groups excluding carboxylic acids is 1. The third kappa shape index (κ3) is 6.34. The molecule has 0 bridgehead atoms. The Morgan fingerprint density at radius 3 is 2.24 bits per heavy atom. The third-order valence-electron chi connectivity index (χ3n) is 4.30. The summed E-state index contributed by atoms with van der Waals surface area (Å²) in [5, 5.41) is 10.5. The van der Waals surface area contributed by atoms with Crippen LogP contribution in [0.15, 0.2) is 30.5 Å². The number of nitrogens with one attached hydrogen (secondary N) is 2. The topological polar surface area (TPSA) is 106 Å². The minimum absolute atomic E-state index is 0.0328. The highest BCUT2D eigenvalue weighted by atomic mass is 16.6. The molecule has 1 heterocycles. The van der Waals surface area contributed by atoms with Crippen LogP contribution in [0, 0.1) is 5.41 Å². The molecule has 4 N–H and O–H groups in total. The zero-order valence-electron chi connectivity index (χ0n) is 18.5. The molecule has 2 aromatic rings. The van der Waals surface area contributed by atoms with Crippen molar-refractivity contribution in [2.45, 2.75) is 65.0 Å². The maximum Gasteiger partial charge on any atom is 0.408 e. The summed E-state index contributed by atoms with van der Waals surface area (Å²) in [7, 11) is 2.01. The zero-order valence-corrected chi connectivity index (χ0v) is 18.5. The quantitative estimate of drug-likeness (QED) is 0.526. The van der Waals surface area contributed by atoms with Crippen molar-refractivity contribution in [3.05, 3.63) is 41.9 Å². The van der Waals surface area contributed by atoms with Crippen LogP contribution in [0.4, 0.5) is 4.79 Å². The lowest BCUT2D eigenvalue weighted by molar-refractivity contribution is 0.0517. The van der Waals surface area contributed by atoms with Crippen molar-refractivity contribution in [1.29, 1.82) is 5.41 Å². The number of hydrogen-bond donors (Lipinski definition) is 3. The van der Waals surface area contributed by atoms with E-state index in [1.165, 1.54) is 0 Å². The van der Waals surface area contributed by atoms with Crippen molar-refractivity contribution in [2.75, 3.05) is 0 Å². The molecule has 1 amide bonds. The second-order valence-corrected chi connectivity index (χ2v) is 9.37. The van der Waals surface area contributed by atoms with E-state index in [1.54, 1.807) is 20.8 Å². The number of carbonyl (C=O) groups is 1. The molecule has 1 aromatic carbocycles. The van der Waals surface area contributed by atoms with Crippen molar-refractivity contribution < 1.29 is 9.53 Å². The third-order valence-corrected chi connectivity index (χ3v) is 4.30. The lowest BCUT2D eigenvalue weighted by atomic mass is 9.96. The van der Waals surface area contributed by atoms with Crippen molar-refractivity contribution in [3.8, 4) is 11.3 Å². The van der Waals surface area contributed by atoms with Crippen LogP contribution in [0.1, 0.15) is 52.9 Å². The highest BCUT2D eigenvalue weighted by Gasteiger charge is 2.22. The fraction of sp³-hybridized carbons (Fsp3) is 0.500. The summed E-state index contributed by atoms with van der Waals surface area (Å²) in [6, 6.07) is 7.29. The van der Waals surface area contributed by atoms with E-state index in [0.717, 1.165) is 22.6 Å². The number of hydrogen-bond acceptors (Lipinski definition) is 4. The maximum absolute atomic E-state index is 12.0. The van der Waals surface area contributed by atoms with Gasteiger partial charge in [-0.05, 0) is 32.8 Å². The number of ether oxygens (including phenoxy) is 1. The molecular formula is C22H33N5O2. The van der Waals surface area contributed by atoms with Crippen LogP contribution in [0.25, 0.3) is 11.3 Å². The van der Waals surface area contributed by atoms with E-state index in [0.29, 0.717) is 6.42 Å². The molecular weight excluding hydrogens is 366 g/mol. The SMILES string of the molecule is Cn1cc(-c2ccc(C[C@H](NC(=O)OC(C)(C)C)C(=N)N)cc2)nc1C(C)(C)C. The van der Waals surface area contributed by atoms with E-state index in [1.807, 2.05) is 37.5 Å². The first-order chi connectivity index (χ1) is 13.3. The molecule has 0 radical (unpaired) electrons. The molecule has 158 valence electrons. The summed E-state index contributed by atoms with van der Waals surface area (Å²) < 4.78 is 7.32. The Bertz CT molecular complexity index is 870. The van der Waals surface area contributed by atoms with Gasteiger partial charge in [0.05, 0.1) is 11.7 Å². The maximum atomic E-state index is 12.0. The van der Waals surface area contributed by atoms with Crippen LogP contribution in [0.5, 0.6) is 0 Å². The summed E-state index contributed by atoms with van der Waals surface area (Å²) in [6.45, 7) is 11.8. The second-order valence-electron chi connectivity index (χ2n) is 9.37. The first kappa shape index (κ1) is 22.5. The van der Waals surface area contributed by atoms with Crippen LogP contribution >= 0.6 is 0 Å². The lowest BCUT2D eigenvalue weighted by Gasteiger charge is -2.23. The van der Waals surface area contributed by atoms with E-state index in [9.17, 15) is 4.79 Å². The van der Waals surface area contributed by atoms with E-state index in [4.69, 9.17) is 20.9 Å². The number of rotatable bonds is 5. The Morgan fingerprint density at radius 1 is 1.21 bits per heavy atom. The highest BCUT2D eigenvalue weighted by Crippen LogP contribution is 2.26. The first-order valence-corrected chi connectivity index (χ1v) is 9.73. The average molecular weight is 400 g/mol. The van der Waals surface area contributed by atoms with Gasteiger partial charge in [0.2, 0.25) is 0 Å². The number of benzene rings is 1. The second kappa shape index (κ2) is 8.27. The molecule has 29 heavy (non-hydrogen) atoms. The summed E-state index contributed by atoms with van der Waals surface area (Å²) in [5.74, 6) is 0.911. The summed E-state index contributed by atoms with van der Waals surface area (Å²) in [5.41, 5.74) is 7.92. The number of amides is 1. The van der Waals surface area contributed by atoms with E-state index < -0.39 is 17.7 Å². The number of alkyl carbamates (subject to hydrolysis) is 1. The van der Waals surface area contributed by atoms with Crippen LogP contribution in [-0.4, -0.2) is 33.1 Å². The first-order valence-electron chi connectivity index (χ1n) is 9.73. The van der Waals surface area contributed by atoms with Crippen LogP contribution in [0.3, 0.4) is 0 Å². The van der Waals surface area contributed by atoms with Crippen molar-refractivity contribution in [3.63, 3.8) is 0 Å². The van der Waals surface area contributed by atoms with Gasteiger partial charge >= 0.3 is 6.09 Å². The molecule has 0 aliphatic carbocycles. The molecule has 0 unspecified atom stereocenters. The van der Waals surface area contributed by atoms with Gasteiger partial charge < -0.3 is 20.4 Å².